The van der Waals surface area contributed by atoms with Crippen LogP contribution < -0.4 is 21.1 Å². The van der Waals surface area contributed by atoms with Crippen LogP contribution in [-0.4, -0.2) is 12.6 Å². The van der Waals surface area contributed by atoms with Crippen molar-refractivity contribution in [2.45, 2.75) is 25.4 Å². The van der Waals surface area contributed by atoms with Gasteiger partial charge in [0.15, 0.2) is 11.6 Å². The average molecular weight is 329 g/mol. The predicted octanol–water partition coefficient (Wildman–Crippen LogP) is 3.32. The van der Waals surface area contributed by atoms with E-state index in [1.54, 1.807) is 18.2 Å². The summed E-state index contributed by atoms with van der Waals surface area (Å²) in [5, 5.41) is 5.71. The summed E-state index contributed by atoms with van der Waals surface area (Å²) in [5.74, 6) is -0.183. The second-order valence-electron chi connectivity index (χ2n) is 5.66. The third-order valence-corrected chi connectivity index (χ3v) is 4.05. The Balaban J connectivity index is 1.76. The molecule has 1 aliphatic rings. The third kappa shape index (κ3) is 3.49. The fraction of sp³-hybridized carbons (Fsp3) is 0.278. The van der Waals surface area contributed by atoms with E-state index in [1.165, 1.54) is 6.07 Å². The molecule has 1 atom stereocenters. The summed E-state index contributed by atoms with van der Waals surface area (Å²) in [6.07, 6.45) is 1.42. The molecule has 0 saturated heterocycles. The summed E-state index contributed by atoms with van der Waals surface area (Å²) in [6.45, 7) is 0.769. The van der Waals surface area contributed by atoms with Gasteiger partial charge in [-0.3, -0.25) is 0 Å². The van der Waals surface area contributed by atoms with Crippen molar-refractivity contribution in [2.24, 2.45) is 5.73 Å². The van der Waals surface area contributed by atoms with E-state index in [1.807, 2.05) is 18.2 Å². The van der Waals surface area contributed by atoms with Gasteiger partial charge in [0.1, 0.15) is 0 Å². The summed E-state index contributed by atoms with van der Waals surface area (Å²) in [6, 6.07) is 11.5. The van der Waals surface area contributed by atoms with Crippen LogP contribution in [0.4, 0.5) is 14.9 Å². The van der Waals surface area contributed by atoms with Gasteiger partial charge < -0.3 is 21.1 Å². The highest BCUT2D eigenvalue weighted by Crippen LogP contribution is 2.33. The molecule has 1 unspecified atom stereocenters. The van der Waals surface area contributed by atoms with Gasteiger partial charge in [-0.05, 0) is 30.5 Å². The average Bonchev–Trinajstić information content (AvgIpc) is 2.79. The standard InChI is InChI=1S/C18H20FN3O2/c19-14-7-3-6-13-16(9-4-10-24-17(13)14)22-18(23)21-15-8-2-1-5-12(15)11-20/h1-3,5-8,16H,4,9-11,20H2,(H2,21,22,23). The number of nitrogens with two attached hydrogens (primary N) is 1. The van der Waals surface area contributed by atoms with Crippen molar-refractivity contribution in [1.82, 2.24) is 5.32 Å². The molecule has 0 spiro atoms. The molecule has 0 radical (unpaired) electrons. The number of anilines is 1. The third-order valence-electron chi connectivity index (χ3n) is 4.05. The molecule has 1 aliphatic heterocycles. The van der Waals surface area contributed by atoms with Crippen LogP contribution in [0.1, 0.15) is 30.0 Å². The molecule has 5 nitrogen and oxygen atoms in total. The lowest BCUT2D eigenvalue weighted by atomic mass is 10.0. The van der Waals surface area contributed by atoms with Crippen LogP contribution in [-0.2, 0) is 6.54 Å². The number of benzene rings is 2. The molecular weight excluding hydrogens is 309 g/mol. The van der Waals surface area contributed by atoms with Crippen molar-refractivity contribution in [1.29, 1.82) is 0 Å². The quantitative estimate of drug-likeness (QED) is 0.808. The number of amides is 2. The maximum absolute atomic E-state index is 13.9. The highest BCUT2D eigenvalue weighted by atomic mass is 19.1. The summed E-state index contributed by atoms with van der Waals surface area (Å²) in [5.41, 5.74) is 7.86. The molecule has 0 aromatic heterocycles. The van der Waals surface area contributed by atoms with E-state index in [2.05, 4.69) is 10.6 Å². The Hall–Kier alpha value is -2.60. The first kappa shape index (κ1) is 16.3. The number of nitrogens with one attached hydrogen (secondary N) is 2. The number of urea groups is 1. The lowest BCUT2D eigenvalue weighted by molar-refractivity contribution is 0.247. The van der Waals surface area contributed by atoms with Crippen molar-refractivity contribution in [3.63, 3.8) is 0 Å². The predicted molar refractivity (Wildman–Crippen MR) is 90.4 cm³/mol. The Labute approximate surface area is 140 Å². The van der Waals surface area contributed by atoms with E-state index in [0.717, 1.165) is 12.0 Å². The Morgan fingerprint density at radius 3 is 2.92 bits per heavy atom. The zero-order valence-electron chi connectivity index (χ0n) is 13.2. The molecule has 2 amide bonds. The first-order valence-electron chi connectivity index (χ1n) is 7.95. The molecule has 126 valence electrons. The van der Waals surface area contributed by atoms with Crippen LogP contribution in [0.2, 0.25) is 0 Å². The van der Waals surface area contributed by atoms with Gasteiger partial charge >= 0.3 is 6.03 Å². The Kier molecular flexibility index (Phi) is 4.96. The Morgan fingerprint density at radius 2 is 2.08 bits per heavy atom. The minimum atomic E-state index is -0.407. The number of hydrogen-bond donors (Lipinski definition) is 3. The molecule has 0 aliphatic carbocycles. The minimum Gasteiger partial charge on any atom is -0.490 e. The maximum Gasteiger partial charge on any atom is 0.319 e. The zero-order chi connectivity index (χ0) is 16.9. The minimum absolute atomic E-state index is 0.225. The molecule has 0 bridgehead atoms. The first-order valence-corrected chi connectivity index (χ1v) is 7.95. The van der Waals surface area contributed by atoms with Crippen LogP contribution in [0.3, 0.4) is 0 Å². The van der Waals surface area contributed by atoms with Crippen molar-refractivity contribution in [2.75, 3.05) is 11.9 Å². The van der Waals surface area contributed by atoms with Gasteiger partial charge in [-0.25, -0.2) is 9.18 Å². The van der Waals surface area contributed by atoms with E-state index >= 15 is 0 Å². The highest BCUT2D eigenvalue weighted by molar-refractivity contribution is 5.90. The van der Waals surface area contributed by atoms with E-state index in [-0.39, 0.29) is 17.8 Å². The van der Waals surface area contributed by atoms with Crippen LogP contribution >= 0.6 is 0 Å². The van der Waals surface area contributed by atoms with Gasteiger partial charge in [-0.15, -0.1) is 0 Å². The normalized spacial score (nSPS) is 16.5. The van der Waals surface area contributed by atoms with Gasteiger partial charge in [-0.2, -0.15) is 0 Å². The monoisotopic (exact) mass is 329 g/mol. The smallest absolute Gasteiger partial charge is 0.319 e. The maximum atomic E-state index is 13.9. The molecule has 6 heteroatoms. The lowest BCUT2D eigenvalue weighted by Gasteiger charge is -2.19. The molecular formula is C18H20FN3O2. The first-order chi connectivity index (χ1) is 11.7. The van der Waals surface area contributed by atoms with Crippen LogP contribution in [0.5, 0.6) is 5.75 Å². The molecule has 3 rings (SSSR count). The largest absolute Gasteiger partial charge is 0.490 e. The van der Waals surface area contributed by atoms with Crippen molar-refractivity contribution >= 4 is 11.7 Å². The Bertz CT molecular complexity index is 736. The summed E-state index contributed by atoms with van der Waals surface area (Å²) < 4.78 is 19.4. The SMILES string of the molecule is NCc1ccccc1NC(=O)NC1CCCOc2c(F)cccc21. The highest BCUT2D eigenvalue weighted by Gasteiger charge is 2.23. The molecule has 0 fully saturated rings. The van der Waals surface area contributed by atoms with Gasteiger partial charge in [0, 0.05) is 17.8 Å². The number of carbonyl (C=O) groups is 1. The van der Waals surface area contributed by atoms with E-state index in [4.69, 9.17) is 10.5 Å². The van der Waals surface area contributed by atoms with Gasteiger partial charge in [0.2, 0.25) is 0 Å². The van der Waals surface area contributed by atoms with Gasteiger partial charge in [0.25, 0.3) is 0 Å². The lowest BCUT2D eigenvalue weighted by Crippen LogP contribution is -2.33. The topological polar surface area (TPSA) is 76.4 Å². The van der Waals surface area contributed by atoms with Crippen LogP contribution in [0.25, 0.3) is 0 Å². The molecule has 2 aromatic carbocycles. The number of ether oxygens (including phenoxy) is 1. The van der Waals surface area contributed by atoms with Gasteiger partial charge in [0.05, 0.1) is 12.6 Å². The number of carbonyl (C=O) groups excluding carboxylic acids is 1. The van der Waals surface area contributed by atoms with E-state index in [9.17, 15) is 9.18 Å². The van der Waals surface area contributed by atoms with E-state index in [0.29, 0.717) is 30.8 Å². The zero-order valence-corrected chi connectivity index (χ0v) is 13.2. The second-order valence-corrected chi connectivity index (χ2v) is 5.66. The summed E-state index contributed by atoms with van der Waals surface area (Å²) in [7, 11) is 0. The van der Waals surface area contributed by atoms with E-state index < -0.39 is 5.82 Å². The molecule has 1 heterocycles. The van der Waals surface area contributed by atoms with Crippen LogP contribution in [0, 0.1) is 5.82 Å². The van der Waals surface area contributed by atoms with Gasteiger partial charge in [-0.1, -0.05) is 30.3 Å². The van der Waals surface area contributed by atoms with Crippen molar-refractivity contribution in [3.8, 4) is 5.75 Å². The number of halogens is 1. The molecule has 4 N–H and O–H groups in total. The summed E-state index contributed by atoms with van der Waals surface area (Å²) in [4.78, 5) is 12.4. The molecule has 2 aromatic rings. The van der Waals surface area contributed by atoms with Crippen molar-refractivity contribution in [3.05, 3.63) is 59.4 Å². The second kappa shape index (κ2) is 7.31. The number of fused-ring (bicyclic) bond motifs is 1. The number of hydrogen-bond acceptors (Lipinski definition) is 3. The van der Waals surface area contributed by atoms with Crippen LogP contribution in [0.15, 0.2) is 42.5 Å². The number of rotatable bonds is 3. The molecule has 0 saturated carbocycles. The number of para-hydroxylation sites is 2. The fourth-order valence-corrected chi connectivity index (χ4v) is 2.86. The summed E-state index contributed by atoms with van der Waals surface area (Å²) >= 11 is 0. The fourth-order valence-electron chi connectivity index (χ4n) is 2.86. The Morgan fingerprint density at radius 1 is 1.25 bits per heavy atom. The molecule has 24 heavy (non-hydrogen) atoms. The van der Waals surface area contributed by atoms with Crippen molar-refractivity contribution < 1.29 is 13.9 Å².